The minimum absolute atomic E-state index is 0.147. The van der Waals surface area contributed by atoms with Crippen molar-refractivity contribution in [3.8, 4) is 0 Å². The molecule has 1 unspecified atom stereocenters. The second-order valence-electron chi connectivity index (χ2n) is 4.47. The Labute approximate surface area is 122 Å². The molecule has 1 aromatic heterocycles. The highest BCUT2D eigenvalue weighted by atomic mass is 35.5. The summed E-state index contributed by atoms with van der Waals surface area (Å²) in [4.78, 5) is 1.12. The van der Waals surface area contributed by atoms with Gasteiger partial charge in [-0.2, -0.15) is 0 Å². The smallest absolute Gasteiger partial charge is 0.123 e. The minimum atomic E-state index is -0.191. The molecule has 2 rings (SSSR count). The van der Waals surface area contributed by atoms with Gasteiger partial charge < -0.3 is 5.32 Å². The van der Waals surface area contributed by atoms with Crippen LogP contribution in [0.1, 0.15) is 29.8 Å². The molecule has 19 heavy (non-hydrogen) atoms. The van der Waals surface area contributed by atoms with Crippen LogP contribution in [0.15, 0.2) is 35.7 Å². The van der Waals surface area contributed by atoms with Crippen LogP contribution in [0.4, 0.5) is 4.39 Å². The minimum Gasteiger partial charge on any atom is -0.309 e. The van der Waals surface area contributed by atoms with Crippen molar-refractivity contribution in [2.24, 2.45) is 0 Å². The summed E-state index contributed by atoms with van der Waals surface area (Å²) in [7, 11) is 0. The summed E-state index contributed by atoms with van der Waals surface area (Å²) in [6.07, 6.45) is 1.81. The van der Waals surface area contributed by atoms with E-state index in [1.807, 2.05) is 17.5 Å². The molecule has 1 heterocycles. The number of thiophene rings is 1. The van der Waals surface area contributed by atoms with Crippen LogP contribution in [0.5, 0.6) is 0 Å². The highest BCUT2D eigenvalue weighted by Gasteiger charge is 2.16. The molecule has 4 heteroatoms. The van der Waals surface area contributed by atoms with Crippen molar-refractivity contribution in [1.29, 1.82) is 0 Å². The van der Waals surface area contributed by atoms with Crippen molar-refractivity contribution in [3.63, 3.8) is 0 Å². The van der Waals surface area contributed by atoms with Gasteiger partial charge in [-0.15, -0.1) is 11.3 Å². The first-order valence-electron chi connectivity index (χ1n) is 6.41. The zero-order valence-electron chi connectivity index (χ0n) is 10.8. The number of halogens is 2. The lowest BCUT2D eigenvalue weighted by atomic mass is 10.0. The highest BCUT2D eigenvalue weighted by Crippen LogP contribution is 2.30. The van der Waals surface area contributed by atoms with Gasteiger partial charge in [0.05, 0.1) is 5.02 Å². The lowest BCUT2D eigenvalue weighted by molar-refractivity contribution is 0.534. The fraction of sp³-hybridized carbons (Fsp3) is 0.333. The maximum atomic E-state index is 13.2. The molecule has 0 aliphatic rings. The molecule has 0 aliphatic heterocycles. The molecular formula is C15H17ClFNS. The molecule has 0 fully saturated rings. The van der Waals surface area contributed by atoms with Gasteiger partial charge in [0, 0.05) is 10.9 Å². The van der Waals surface area contributed by atoms with E-state index in [1.165, 1.54) is 6.07 Å². The van der Waals surface area contributed by atoms with Gasteiger partial charge in [-0.25, -0.2) is 4.39 Å². The summed E-state index contributed by atoms with van der Waals surface area (Å²) >= 11 is 7.85. The summed E-state index contributed by atoms with van der Waals surface area (Å²) in [5.41, 5.74) is 0.984. The lowest BCUT2D eigenvalue weighted by Crippen LogP contribution is -2.23. The normalized spacial score (nSPS) is 12.6. The van der Waals surface area contributed by atoms with Gasteiger partial charge in [0.15, 0.2) is 0 Å². The second-order valence-corrected chi connectivity index (χ2v) is 5.83. The van der Waals surface area contributed by atoms with Crippen LogP contribution in [0.25, 0.3) is 0 Å². The van der Waals surface area contributed by atoms with Crippen LogP contribution >= 0.6 is 22.9 Å². The Balaban J connectivity index is 2.16. The maximum absolute atomic E-state index is 13.2. The van der Waals surface area contributed by atoms with E-state index in [4.69, 9.17) is 11.6 Å². The van der Waals surface area contributed by atoms with Crippen molar-refractivity contribution in [2.75, 3.05) is 6.54 Å². The number of hydrogen-bond acceptors (Lipinski definition) is 2. The van der Waals surface area contributed by atoms with Crippen LogP contribution in [-0.2, 0) is 6.42 Å². The van der Waals surface area contributed by atoms with Crippen molar-refractivity contribution >= 4 is 22.9 Å². The van der Waals surface area contributed by atoms with Crippen LogP contribution in [0, 0.1) is 5.82 Å². The van der Waals surface area contributed by atoms with Crippen LogP contribution in [0.3, 0.4) is 0 Å². The van der Waals surface area contributed by atoms with E-state index in [0.29, 0.717) is 0 Å². The van der Waals surface area contributed by atoms with E-state index < -0.39 is 0 Å². The average molecular weight is 298 g/mol. The molecule has 0 spiro atoms. The molecule has 0 saturated carbocycles. The highest BCUT2D eigenvalue weighted by molar-refractivity contribution is 7.10. The molecule has 1 atom stereocenters. The molecule has 1 N–H and O–H groups in total. The quantitative estimate of drug-likeness (QED) is 0.806. The second kappa shape index (κ2) is 7.04. The number of nitrogens with one attached hydrogen (secondary N) is 1. The first-order valence-corrected chi connectivity index (χ1v) is 7.67. The first kappa shape index (κ1) is 14.5. The van der Waals surface area contributed by atoms with Crippen LogP contribution < -0.4 is 5.32 Å². The van der Waals surface area contributed by atoms with Gasteiger partial charge in [-0.3, -0.25) is 0 Å². The fourth-order valence-corrected chi connectivity index (χ4v) is 3.30. The third-order valence-electron chi connectivity index (χ3n) is 2.93. The van der Waals surface area contributed by atoms with Crippen LogP contribution in [-0.4, -0.2) is 6.54 Å². The van der Waals surface area contributed by atoms with E-state index in [0.717, 1.165) is 34.8 Å². The van der Waals surface area contributed by atoms with Gasteiger partial charge >= 0.3 is 0 Å². The van der Waals surface area contributed by atoms with Crippen molar-refractivity contribution in [1.82, 2.24) is 5.32 Å². The summed E-state index contributed by atoms with van der Waals surface area (Å²) in [6.45, 7) is 3.05. The fourth-order valence-electron chi connectivity index (χ4n) is 2.03. The molecule has 2 aromatic rings. The Kier molecular flexibility index (Phi) is 5.37. The van der Waals surface area contributed by atoms with Crippen LogP contribution in [0.2, 0.25) is 5.02 Å². The van der Waals surface area contributed by atoms with Gasteiger partial charge in [0.25, 0.3) is 0 Å². The SMILES string of the molecule is CCCNC(Cc1cccc(F)c1)c1sccc1Cl. The van der Waals surface area contributed by atoms with Crippen molar-refractivity contribution in [2.45, 2.75) is 25.8 Å². The molecule has 0 radical (unpaired) electrons. The maximum Gasteiger partial charge on any atom is 0.123 e. The third kappa shape index (κ3) is 4.03. The Hall–Kier alpha value is -0.900. The predicted molar refractivity (Wildman–Crippen MR) is 80.5 cm³/mol. The Bertz CT molecular complexity index is 526. The summed E-state index contributed by atoms with van der Waals surface area (Å²) in [5, 5.41) is 6.26. The topological polar surface area (TPSA) is 12.0 Å². The Morgan fingerprint density at radius 1 is 1.37 bits per heavy atom. The predicted octanol–water partition coefficient (Wildman–Crippen LogP) is 4.82. The molecule has 102 valence electrons. The Morgan fingerprint density at radius 3 is 2.84 bits per heavy atom. The lowest BCUT2D eigenvalue weighted by Gasteiger charge is -2.18. The van der Waals surface area contributed by atoms with E-state index in [9.17, 15) is 4.39 Å². The monoisotopic (exact) mass is 297 g/mol. The molecule has 1 nitrogen and oxygen atoms in total. The molecule has 1 aromatic carbocycles. The molecule has 0 bridgehead atoms. The number of hydrogen-bond donors (Lipinski definition) is 1. The summed E-state index contributed by atoms with van der Waals surface area (Å²) in [5.74, 6) is -0.191. The molecular weight excluding hydrogens is 281 g/mol. The van der Waals surface area contributed by atoms with Gasteiger partial charge in [0.1, 0.15) is 5.82 Å². The van der Waals surface area contributed by atoms with E-state index >= 15 is 0 Å². The molecule has 0 amide bonds. The van der Waals surface area contributed by atoms with E-state index in [-0.39, 0.29) is 11.9 Å². The van der Waals surface area contributed by atoms with Crippen molar-refractivity contribution < 1.29 is 4.39 Å². The van der Waals surface area contributed by atoms with E-state index in [2.05, 4.69) is 12.2 Å². The van der Waals surface area contributed by atoms with Gasteiger partial charge in [-0.1, -0.05) is 30.7 Å². The van der Waals surface area contributed by atoms with Gasteiger partial charge in [-0.05, 0) is 48.5 Å². The summed E-state index contributed by atoms with van der Waals surface area (Å²) < 4.78 is 13.2. The standard InChI is InChI=1S/C15H17ClFNS/c1-2-7-18-14(15-13(16)6-8-19-15)10-11-4-3-5-12(17)9-11/h3-6,8-9,14,18H,2,7,10H2,1H3. The van der Waals surface area contributed by atoms with E-state index in [1.54, 1.807) is 23.5 Å². The van der Waals surface area contributed by atoms with Crippen molar-refractivity contribution in [3.05, 3.63) is 57.0 Å². The average Bonchev–Trinajstić information content (AvgIpc) is 2.81. The Morgan fingerprint density at radius 2 is 2.21 bits per heavy atom. The molecule has 0 saturated heterocycles. The zero-order chi connectivity index (χ0) is 13.7. The van der Waals surface area contributed by atoms with Gasteiger partial charge in [0.2, 0.25) is 0 Å². The molecule has 0 aliphatic carbocycles. The number of benzene rings is 1. The summed E-state index contributed by atoms with van der Waals surface area (Å²) in [6, 6.07) is 8.81. The third-order valence-corrected chi connectivity index (χ3v) is 4.40. The number of rotatable bonds is 6. The largest absolute Gasteiger partial charge is 0.309 e. The first-order chi connectivity index (χ1) is 9.20. The zero-order valence-corrected chi connectivity index (χ0v) is 12.4.